The van der Waals surface area contributed by atoms with Gasteiger partial charge < -0.3 is 10.1 Å². The molecule has 0 atom stereocenters. The van der Waals surface area contributed by atoms with Gasteiger partial charge in [-0.05, 0) is 48.7 Å². The summed E-state index contributed by atoms with van der Waals surface area (Å²) in [6, 6.07) is 25.3. The van der Waals surface area contributed by atoms with Gasteiger partial charge in [0.25, 0.3) is 0 Å². The minimum absolute atomic E-state index is 0.385. The molecule has 0 fully saturated rings. The van der Waals surface area contributed by atoms with Gasteiger partial charge in [0.05, 0.1) is 17.3 Å². The predicted molar refractivity (Wildman–Crippen MR) is 120 cm³/mol. The number of aromatic nitrogens is 3. The average Bonchev–Trinajstić information content (AvgIpc) is 2.83. The van der Waals surface area contributed by atoms with E-state index < -0.39 is 0 Å². The highest BCUT2D eigenvalue weighted by atomic mass is 16.5. The van der Waals surface area contributed by atoms with Crippen molar-refractivity contribution in [1.82, 2.24) is 15.0 Å². The summed E-state index contributed by atoms with van der Waals surface area (Å²) in [7, 11) is 0. The molecule has 6 nitrogen and oxygen atoms in total. The summed E-state index contributed by atoms with van der Waals surface area (Å²) in [5.41, 5.74) is 3.63. The third kappa shape index (κ3) is 5.64. The molecule has 152 valence electrons. The summed E-state index contributed by atoms with van der Waals surface area (Å²) in [6.45, 7) is 0.840. The van der Waals surface area contributed by atoms with Gasteiger partial charge in [-0.3, -0.25) is 0 Å². The molecule has 0 aliphatic heterocycles. The molecule has 0 aliphatic carbocycles. The average molecular weight is 407 g/mol. The van der Waals surface area contributed by atoms with E-state index in [9.17, 15) is 0 Å². The fraction of sp³-hybridized carbons (Fsp3) is 0.120. The van der Waals surface area contributed by atoms with E-state index in [2.05, 4.69) is 50.6 Å². The summed E-state index contributed by atoms with van der Waals surface area (Å²) < 4.78 is 5.73. The van der Waals surface area contributed by atoms with E-state index in [0.717, 1.165) is 36.5 Å². The van der Waals surface area contributed by atoms with Crippen molar-refractivity contribution in [3.8, 4) is 29.0 Å². The van der Waals surface area contributed by atoms with E-state index in [1.54, 1.807) is 24.7 Å². The van der Waals surface area contributed by atoms with Crippen molar-refractivity contribution in [2.75, 3.05) is 11.9 Å². The second-order valence-corrected chi connectivity index (χ2v) is 6.93. The molecule has 0 saturated heterocycles. The number of rotatable bonds is 8. The second-order valence-electron chi connectivity index (χ2n) is 6.93. The van der Waals surface area contributed by atoms with Crippen LogP contribution in [-0.2, 0) is 6.42 Å². The maximum atomic E-state index is 8.98. The van der Waals surface area contributed by atoms with Crippen LogP contribution in [-0.4, -0.2) is 21.5 Å². The summed E-state index contributed by atoms with van der Waals surface area (Å²) in [5, 5.41) is 12.4. The molecule has 0 saturated carbocycles. The molecule has 4 rings (SSSR count). The zero-order valence-electron chi connectivity index (χ0n) is 16.9. The maximum Gasteiger partial charge on any atom is 0.220 e. The number of aryl methyl sites for hydroxylation is 1. The fourth-order valence-electron chi connectivity index (χ4n) is 3.11. The predicted octanol–water partition coefficient (Wildman–Crippen LogP) is 5.25. The topological polar surface area (TPSA) is 83.7 Å². The molecule has 31 heavy (non-hydrogen) atoms. The molecular formula is C25H21N5O. The highest BCUT2D eigenvalue weighted by Crippen LogP contribution is 2.25. The Labute approximate surface area is 181 Å². The Morgan fingerprint density at radius 3 is 2.55 bits per heavy atom. The number of hydrogen-bond acceptors (Lipinski definition) is 6. The van der Waals surface area contributed by atoms with Gasteiger partial charge in [0.1, 0.15) is 17.9 Å². The van der Waals surface area contributed by atoms with Crippen LogP contribution in [0.4, 0.5) is 5.82 Å². The van der Waals surface area contributed by atoms with Crippen LogP contribution in [0.1, 0.15) is 17.5 Å². The number of nitriles is 1. The van der Waals surface area contributed by atoms with Gasteiger partial charge in [0.2, 0.25) is 5.88 Å². The molecule has 1 N–H and O–H groups in total. The number of nitrogens with one attached hydrogen (secondary N) is 1. The first-order valence-corrected chi connectivity index (χ1v) is 10.0. The van der Waals surface area contributed by atoms with E-state index in [0.29, 0.717) is 17.2 Å². The Morgan fingerprint density at radius 1 is 0.903 bits per heavy atom. The van der Waals surface area contributed by atoms with Crippen molar-refractivity contribution in [3.05, 3.63) is 96.4 Å². The lowest BCUT2D eigenvalue weighted by Crippen LogP contribution is -2.05. The highest BCUT2D eigenvalue weighted by Gasteiger charge is 2.05. The van der Waals surface area contributed by atoms with E-state index in [-0.39, 0.29) is 0 Å². The summed E-state index contributed by atoms with van der Waals surface area (Å²) in [4.78, 5) is 12.8. The maximum absolute atomic E-state index is 8.98. The molecule has 0 amide bonds. The minimum Gasteiger partial charge on any atom is -0.439 e. The lowest BCUT2D eigenvalue weighted by atomic mass is 10.1. The first kappa shape index (κ1) is 20.0. The van der Waals surface area contributed by atoms with E-state index in [4.69, 9.17) is 10.00 Å². The van der Waals surface area contributed by atoms with Crippen molar-refractivity contribution in [3.63, 3.8) is 0 Å². The van der Waals surface area contributed by atoms with Gasteiger partial charge in [-0.2, -0.15) is 5.26 Å². The first-order valence-electron chi connectivity index (χ1n) is 10.0. The van der Waals surface area contributed by atoms with E-state index >= 15 is 0 Å². The monoisotopic (exact) mass is 407 g/mol. The van der Waals surface area contributed by atoms with Gasteiger partial charge in [-0.15, -0.1) is 0 Å². The number of nitrogens with zero attached hydrogens (tertiary/aromatic N) is 4. The normalized spacial score (nSPS) is 10.3. The van der Waals surface area contributed by atoms with Gasteiger partial charge >= 0.3 is 0 Å². The second kappa shape index (κ2) is 9.99. The zero-order valence-corrected chi connectivity index (χ0v) is 16.9. The van der Waals surface area contributed by atoms with Crippen LogP contribution in [0.25, 0.3) is 11.3 Å². The Balaban J connectivity index is 1.35. The first-order chi connectivity index (χ1) is 15.3. The number of anilines is 1. The molecule has 6 heteroatoms. The Bertz CT molecular complexity index is 1170. The van der Waals surface area contributed by atoms with Crippen molar-refractivity contribution >= 4 is 5.82 Å². The Hall–Kier alpha value is -4.24. The smallest absolute Gasteiger partial charge is 0.220 e. The number of ether oxygens (including phenoxy) is 1. The van der Waals surface area contributed by atoms with Gasteiger partial charge in [0.15, 0.2) is 0 Å². The van der Waals surface area contributed by atoms with Gasteiger partial charge in [0, 0.05) is 30.4 Å². The SMILES string of the molecule is N#Cc1ccnc(Oc2ccc(-c3cc(NCCCc4ccccc4)ncn3)cc2)c1. The highest BCUT2D eigenvalue weighted by molar-refractivity contribution is 5.63. The molecule has 0 unspecified atom stereocenters. The molecular weight excluding hydrogens is 386 g/mol. The van der Waals surface area contributed by atoms with Crippen LogP contribution in [0, 0.1) is 11.3 Å². The molecule has 2 heterocycles. The third-order valence-corrected chi connectivity index (χ3v) is 4.69. The fourth-order valence-corrected chi connectivity index (χ4v) is 3.11. The van der Waals surface area contributed by atoms with Gasteiger partial charge in [-0.25, -0.2) is 15.0 Å². The van der Waals surface area contributed by atoms with Crippen LogP contribution in [0.5, 0.6) is 11.6 Å². The van der Waals surface area contributed by atoms with Crippen LogP contribution in [0.3, 0.4) is 0 Å². The Kier molecular flexibility index (Phi) is 6.46. The molecule has 0 bridgehead atoms. The van der Waals surface area contributed by atoms with Crippen LogP contribution in [0.15, 0.2) is 85.3 Å². The van der Waals surface area contributed by atoms with Gasteiger partial charge in [-0.1, -0.05) is 30.3 Å². The quantitative estimate of drug-likeness (QED) is 0.402. The van der Waals surface area contributed by atoms with Crippen LogP contribution < -0.4 is 10.1 Å². The summed E-state index contributed by atoms with van der Waals surface area (Å²) in [6.07, 6.45) is 5.17. The molecule has 0 spiro atoms. The molecule has 0 aliphatic rings. The Morgan fingerprint density at radius 2 is 1.74 bits per heavy atom. The van der Waals surface area contributed by atoms with Crippen LogP contribution >= 0.6 is 0 Å². The van der Waals surface area contributed by atoms with Crippen molar-refractivity contribution < 1.29 is 4.74 Å². The third-order valence-electron chi connectivity index (χ3n) is 4.69. The number of hydrogen-bond donors (Lipinski definition) is 1. The summed E-state index contributed by atoms with van der Waals surface area (Å²) in [5.74, 6) is 1.83. The number of pyridine rings is 1. The van der Waals surface area contributed by atoms with Crippen molar-refractivity contribution in [2.24, 2.45) is 0 Å². The number of benzene rings is 2. The molecule has 2 aromatic carbocycles. The standard InChI is InChI=1S/C25H21N5O/c26-17-20-12-14-28-25(15-20)31-22-10-8-21(9-11-22)23-16-24(30-18-29-23)27-13-4-7-19-5-2-1-3-6-19/h1-3,5-6,8-12,14-16,18H,4,7,13H2,(H,27,29,30). The van der Waals surface area contributed by atoms with E-state index in [1.165, 1.54) is 5.56 Å². The van der Waals surface area contributed by atoms with E-state index in [1.807, 2.05) is 36.4 Å². The molecule has 2 aromatic heterocycles. The lowest BCUT2D eigenvalue weighted by molar-refractivity contribution is 0.463. The summed E-state index contributed by atoms with van der Waals surface area (Å²) >= 11 is 0. The minimum atomic E-state index is 0.385. The van der Waals surface area contributed by atoms with Crippen LogP contribution in [0.2, 0.25) is 0 Å². The molecule has 4 aromatic rings. The molecule has 0 radical (unpaired) electrons. The largest absolute Gasteiger partial charge is 0.439 e. The zero-order chi connectivity index (χ0) is 21.3. The van der Waals surface area contributed by atoms with Crippen molar-refractivity contribution in [1.29, 1.82) is 5.26 Å². The lowest BCUT2D eigenvalue weighted by Gasteiger charge is -2.08. The van der Waals surface area contributed by atoms with Crippen molar-refractivity contribution in [2.45, 2.75) is 12.8 Å².